The van der Waals surface area contributed by atoms with Crippen molar-refractivity contribution >= 4 is 47.1 Å². The molecule has 2 aromatic carbocycles. The maximum atomic E-state index is 12.1. The van der Waals surface area contributed by atoms with E-state index in [9.17, 15) is 4.79 Å². The van der Waals surface area contributed by atoms with Gasteiger partial charge in [0.1, 0.15) is 5.75 Å². The van der Waals surface area contributed by atoms with Crippen molar-refractivity contribution < 1.29 is 28.2 Å². The molecule has 1 heterocycles. The van der Waals surface area contributed by atoms with E-state index in [1.165, 1.54) is 27.5 Å². The Morgan fingerprint density at radius 3 is 2.47 bits per heavy atom. The molecule has 1 aromatic heterocycles. The minimum absolute atomic E-state index is 0.0120. The predicted octanol–water partition coefficient (Wildman–Crippen LogP) is 4.22. The fourth-order valence-corrected chi connectivity index (χ4v) is 3.64. The minimum atomic E-state index is -0.363. The van der Waals surface area contributed by atoms with Gasteiger partial charge >= 0.3 is 0 Å². The van der Waals surface area contributed by atoms with Crippen LogP contribution < -0.4 is 24.4 Å². The molecule has 0 atom stereocenters. The number of nitrogens with one attached hydrogen (secondary N) is 1. The van der Waals surface area contributed by atoms with Crippen molar-refractivity contribution in [2.75, 3.05) is 27.1 Å². The summed E-state index contributed by atoms with van der Waals surface area (Å²) >= 11 is 13.0. The second kappa shape index (κ2) is 12.4. The molecule has 0 saturated heterocycles. The van der Waals surface area contributed by atoms with Gasteiger partial charge in [0.2, 0.25) is 5.75 Å². The predicted molar refractivity (Wildman–Crippen MR) is 128 cm³/mol. The highest BCUT2D eigenvalue weighted by molar-refractivity contribution is 7.99. The molecule has 0 aliphatic heterocycles. The number of benzene rings is 2. The van der Waals surface area contributed by atoms with Gasteiger partial charge < -0.3 is 23.4 Å². The maximum absolute atomic E-state index is 12.1. The summed E-state index contributed by atoms with van der Waals surface area (Å²) < 4.78 is 26.8. The number of thioether (sulfide) groups is 1. The zero-order valence-electron chi connectivity index (χ0n) is 18.3. The molecular formula is C21H20Cl2N4O6S. The van der Waals surface area contributed by atoms with Crippen LogP contribution in [0.1, 0.15) is 11.5 Å². The average molecular weight is 527 g/mol. The molecule has 1 amide bonds. The largest absolute Gasteiger partial charge is 0.493 e. The van der Waals surface area contributed by atoms with E-state index in [0.29, 0.717) is 38.6 Å². The Kier molecular flexibility index (Phi) is 9.25. The van der Waals surface area contributed by atoms with Crippen molar-refractivity contribution in [3.63, 3.8) is 0 Å². The third-order valence-electron chi connectivity index (χ3n) is 4.11. The monoisotopic (exact) mass is 526 g/mol. The number of hydrogen-bond acceptors (Lipinski definition) is 10. The summed E-state index contributed by atoms with van der Waals surface area (Å²) in [6, 6.07) is 8.26. The van der Waals surface area contributed by atoms with E-state index < -0.39 is 0 Å². The van der Waals surface area contributed by atoms with Gasteiger partial charge in [0.25, 0.3) is 17.0 Å². The molecule has 0 radical (unpaired) electrons. The van der Waals surface area contributed by atoms with Gasteiger partial charge in [-0.1, -0.05) is 35.0 Å². The highest BCUT2D eigenvalue weighted by Gasteiger charge is 2.13. The summed E-state index contributed by atoms with van der Waals surface area (Å²) in [6.07, 6.45) is 1.46. The maximum Gasteiger partial charge on any atom is 0.277 e. The SMILES string of the molecule is COc1cc(/C=N\NC(=O)CSc2nnc(COc3ccc(Cl)cc3Cl)o2)cc(OC)c1OC. The smallest absolute Gasteiger partial charge is 0.277 e. The standard InChI is InChI=1S/C21H20Cl2N4O6S/c1-29-16-6-12(7-17(30-2)20(16)31-3)9-24-25-18(28)11-34-21-27-26-19(33-21)10-32-15-5-4-13(22)8-14(15)23/h4-9H,10-11H2,1-3H3,(H,25,28)/b24-9-. The van der Waals surface area contributed by atoms with E-state index in [0.717, 1.165) is 11.8 Å². The number of rotatable bonds is 11. The average Bonchev–Trinajstić information content (AvgIpc) is 3.29. The van der Waals surface area contributed by atoms with Crippen LogP contribution in [-0.2, 0) is 11.4 Å². The molecule has 0 saturated carbocycles. The number of methoxy groups -OCH3 is 3. The van der Waals surface area contributed by atoms with Gasteiger partial charge in [0.15, 0.2) is 18.1 Å². The Balaban J connectivity index is 1.48. The number of hydrazone groups is 1. The number of amides is 1. The highest BCUT2D eigenvalue weighted by atomic mass is 35.5. The summed E-state index contributed by atoms with van der Waals surface area (Å²) in [5, 5.41) is 12.8. The van der Waals surface area contributed by atoms with Crippen molar-refractivity contribution in [3.8, 4) is 23.0 Å². The number of carbonyl (C=O) groups is 1. The van der Waals surface area contributed by atoms with Crippen molar-refractivity contribution in [2.24, 2.45) is 5.10 Å². The molecule has 0 aliphatic carbocycles. The normalized spacial score (nSPS) is 10.9. The van der Waals surface area contributed by atoms with Crippen LogP contribution in [0.25, 0.3) is 0 Å². The van der Waals surface area contributed by atoms with Gasteiger partial charge in [-0.3, -0.25) is 4.79 Å². The number of nitrogens with zero attached hydrogens (tertiary/aromatic N) is 3. The second-order valence-corrected chi connectivity index (χ2v) is 8.14. The van der Waals surface area contributed by atoms with E-state index in [1.807, 2.05) is 0 Å². The summed E-state index contributed by atoms with van der Waals surface area (Å²) in [7, 11) is 4.54. The first-order chi connectivity index (χ1) is 16.4. The van der Waals surface area contributed by atoms with E-state index in [4.69, 9.17) is 46.6 Å². The van der Waals surface area contributed by atoms with Gasteiger partial charge in [-0.05, 0) is 30.3 Å². The van der Waals surface area contributed by atoms with Crippen LogP contribution in [0.5, 0.6) is 23.0 Å². The molecule has 0 fully saturated rings. The first kappa shape index (κ1) is 25.5. The molecule has 0 bridgehead atoms. The number of ether oxygens (including phenoxy) is 4. The summed E-state index contributed by atoms with van der Waals surface area (Å²) in [5.74, 6) is 1.72. The van der Waals surface area contributed by atoms with Crippen molar-refractivity contribution in [3.05, 3.63) is 51.8 Å². The van der Waals surface area contributed by atoms with Crippen molar-refractivity contribution in [2.45, 2.75) is 11.8 Å². The summed E-state index contributed by atoms with van der Waals surface area (Å²) in [6.45, 7) is 0.0141. The molecule has 13 heteroatoms. The summed E-state index contributed by atoms with van der Waals surface area (Å²) in [4.78, 5) is 12.1. The Morgan fingerprint density at radius 1 is 1.09 bits per heavy atom. The lowest BCUT2D eigenvalue weighted by molar-refractivity contribution is -0.118. The first-order valence-electron chi connectivity index (χ1n) is 9.58. The van der Waals surface area contributed by atoms with E-state index in [2.05, 4.69) is 20.7 Å². The third kappa shape index (κ3) is 6.92. The topological polar surface area (TPSA) is 117 Å². The quantitative estimate of drug-likeness (QED) is 0.222. The third-order valence-corrected chi connectivity index (χ3v) is 5.46. The molecule has 3 aromatic rings. The van der Waals surface area contributed by atoms with Crippen LogP contribution >= 0.6 is 35.0 Å². The zero-order valence-corrected chi connectivity index (χ0v) is 20.7. The van der Waals surface area contributed by atoms with Crippen LogP contribution in [0.2, 0.25) is 10.0 Å². The molecule has 3 rings (SSSR count). The Bertz CT molecular complexity index is 1150. The van der Waals surface area contributed by atoms with Gasteiger partial charge in [-0.15, -0.1) is 10.2 Å². The van der Waals surface area contributed by atoms with E-state index >= 15 is 0 Å². The van der Waals surface area contributed by atoms with Crippen LogP contribution in [0.15, 0.2) is 45.1 Å². The molecular weight excluding hydrogens is 507 g/mol. The van der Waals surface area contributed by atoms with Gasteiger partial charge in [0.05, 0.1) is 38.3 Å². The van der Waals surface area contributed by atoms with Crippen LogP contribution in [0.3, 0.4) is 0 Å². The van der Waals surface area contributed by atoms with E-state index in [-0.39, 0.29) is 29.4 Å². The Morgan fingerprint density at radius 2 is 1.82 bits per heavy atom. The Labute approximate surface area is 209 Å². The van der Waals surface area contributed by atoms with Crippen LogP contribution in [-0.4, -0.2) is 49.4 Å². The van der Waals surface area contributed by atoms with Gasteiger partial charge in [-0.25, -0.2) is 5.43 Å². The zero-order chi connectivity index (χ0) is 24.5. The van der Waals surface area contributed by atoms with Gasteiger partial charge in [0, 0.05) is 10.6 Å². The summed E-state index contributed by atoms with van der Waals surface area (Å²) in [5.41, 5.74) is 3.07. The fraction of sp³-hybridized carbons (Fsp3) is 0.238. The second-order valence-electron chi connectivity index (χ2n) is 6.37. The number of aromatic nitrogens is 2. The fourth-order valence-electron chi connectivity index (χ4n) is 2.60. The lowest BCUT2D eigenvalue weighted by atomic mass is 10.2. The highest BCUT2D eigenvalue weighted by Crippen LogP contribution is 2.37. The molecule has 1 N–H and O–H groups in total. The lowest BCUT2D eigenvalue weighted by Crippen LogP contribution is -2.19. The molecule has 34 heavy (non-hydrogen) atoms. The molecule has 0 unspecified atom stereocenters. The number of hydrogen-bond donors (Lipinski definition) is 1. The Hall–Kier alpha value is -3.15. The number of carbonyl (C=O) groups excluding carboxylic acids is 1. The minimum Gasteiger partial charge on any atom is -0.493 e. The van der Waals surface area contributed by atoms with E-state index in [1.54, 1.807) is 30.3 Å². The number of halogens is 2. The van der Waals surface area contributed by atoms with Crippen molar-refractivity contribution in [1.82, 2.24) is 15.6 Å². The van der Waals surface area contributed by atoms with Gasteiger partial charge in [-0.2, -0.15) is 5.10 Å². The molecule has 0 aliphatic rings. The van der Waals surface area contributed by atoms with Crippen molar-refractivity contribution in [1.29, 1.82) is 0 Å². The van der Waals surface area contributed by atoms with Crippen LogP contribution in [0.4, 0.5) is 0 Å². The molecule has 10 nitrogen and oxygen atoms in total. The molecule has 180 valence electrons. The molecule has 0 spiro atoms. The van der Waals surface area contributed by atoms with Crippen LogP contribution in [0, 0.1) is 0 Å². The first-order valence-corrected chi connectivity index (χ1v) is 11.3. The lowest BCUT2D eigenvalue weighted by Gasteiger charge is -2.12.